The summed E-state index contributed by atoms with van der Waals surface area (Å²) in [7, 11) is 0. The van der Waals surface area contributed by atoms with Crippen LogP contribution in [0.2, 0.25) is 0 Å². The van der Waals surface area contributed by atoms with Crippen molar-refractivity contribution >= 4 is 11.6 Å². The van der Waals surface area contributed by atoms with E-state index in [0.717, 1.165) is 25.1 Å². The first kappa shape index (κ1) is 11.5. The summed E-state index contributed by atoms with van der Waals surface area (Å²) in [6.45, 7) is 1.04. The van der Waals surface area contributed by atoms with Crippen molar-refractivity contribution in [1.29, 1.82) is 0 Å². The van der Waals surface area contributed by atoms with Gasteiger partial charge >= 0.3 is 0 Å². The monoisotopic (exact) mass is 208 g/mol. The highest BCUT2D eigenvalue weighted by molar-refractivity contribution is 5.93. The number of carbonyl (C=O) groups excluding carboxylic acids is 1. The zero-order chi connectivity index (χ0) is 11.1. The van der Waals surface area contributed by atoms with Gasteiger partial charge in [-0.05, 0) is 37.1 Å². The number of unbranched alkanes of at least 4 members (excludes halogenated alkanes) is 1. The Labute approximate surface area is 89.1 Å². The van der Waals surface area contributed by atoms with Crippen molar-refractivity contribution in [3.8, 4) is 0 Å². The number of rotatable bonds is 6. The second-order valence-corrected chi connectivity index (χ2v) is 3.30. The van der Waals surface area contributed by atoms with Crippen LogP contribution < -0.4 is 11.1 Å². The fraction of sp³-hybridized carbons (Fsp3) is 0.364. The molecule has 15 heavy (non-hydrogen) atoms. The van der Waals surface area contributed by atoms with E-state index in [-0.39, 0.29) is 6.61 Å². The number of hydrogen-bond donors (Lipinski definition) is 3. The summed E-state index contributed by atoms with van der Waals surface area (Å²) in [5.74, 6) is -0.415. The van der Waals surface area contributed by atoms with Gasteiger partial charge in [-0.3, -0.25) is 4.79 Å². The Morgan fingerprint density at radius 1 is 1.27 bits per heavy atom. The molecule has 0 saturated carbocycles. The van der Waals surface area contributed by atoms with Gasteiger partial charge in [0, 0.05) is 24.4 Å². The van der Waals surface area contributed by atoms with Crippen LogP contribution in [0.5, 0.6) is 0 Å². The lowest BCUT2D eigenvalue weighted by molar-refractivity contribution is 0.100. The second kappa shape index (κ2) is 6.03. The third kappa shape index (κ3) is 3.99. The van der Waals surface area contributed by atoms with Crippen molar-refractivity contribution in [3.05, 3.63) is 29.8 Å². The lowest BCUT2D eigenvalue weighted by Gasteiger charge is -2.05. The van der Waals surface area contributed by atoms with Gasteiger partial charge in [0.1, 0.15) is 0 Å². The molecule has 0 atom stereocenters. The van der Waals surface area contributed by atoms with E-state index in [1.54, 1.807) is 12.1 Å². The van der Waals surface area contributed by atoms with Crippen LogP contribution in [0.25, 0.3) is 0 Å². The molecule has 1 rings (SSSR count). The molecule has 0 saturated heterocycles. The first-order valence-electron chi connectivity index (χ1n) is 4.98. The minimum absolute atomic E-state index is 0.224. The van der Waals surface area contributed by atoms with Crippen molar-refractivity contribution in [2.75, 3.05) is 18.5 Å². The summed E-state index contributed by atoms with van der Waals surface area (Å²) < 4.78 is 0. The summed E-state index contributed by atoms with van der Waals surface area (Å²) in [6.07, 6.45) is 1.72. The van der Waals surface area contributed by atoms with E-state index in [2.05, 4.69) is 5.32 Å². The molecule has 4 N–H and O–H groups in total. The molecule has 4 nitrogen and oxygen atoms in total. The van der Waals surface area contributed by atoms with Crippen molar-refractivity contribution in [3.63, 3.8) is 0 Å². The maximum atomic E-state index is 10.8. The van der Waals surface area contributed by atoms with E-state index in [1.807, 2.05) is 12.1 Å². The van der Waals surface area contributed by atoms with Crippen molar-refractivity contribution < 1.29 is 9.90 Å². The first-order valence-corrected chi connectivity index (χ1v) is 4.98. The Hall–Kier alpha value is -1.55. The van der Waals surface area contributed by atoms with Gasteiger partial charge in [0.2, 0.25) is 5.91 Å². The zero-order valence-electron chi connectivity index (χ0n) is 8.57. The molecule has 1 amide bonds. The number of benzene rings is 1. The standard InChI is InChI=1S/C11H16N2O2/c12-11(15)9-3-5-10(6-4-9)13-7-1-2-8-14/h3-6,13-14H,1-2,7-8H2,(H2,12,15). The fourth-order valence-electron chi connectivity index (χ4n) is 1.22. The molecule has 0 aliphatic heterocycles. The van der Waals surface area contributed by atoms with Gasteiger partial charge in [-0.25, -0.2) is 0 Å². The molecule has 0 unspecified atom stereocenters. The molecule has 1 aromatic rings. The van der Waals surface area contributed by atoms with Gasteiger partial charge in [-0.15, -0.1) is 0 Å². The Morgan fingerprint density at radius 2 is 1.93 bits per heavy atom. The Balaban J connectivity index is 2.39. The molecule has 0 spiro atoms. The maximum absolute atomic E-state index is 10.8. The molecule has 0 heterocycles. The lowest BCUT2D eigenvalue weighted by Crippen LogP contribution is -2.10. The number of anilines is 1. The van der Waals surface area contributed by atoms with E-state index in [9.17, 15) is 4.79 Å². The van der Waals surface area contributed by atoms with E-state index in [1.165, 1.54) is 0 Å². The predicted octanol–water partition coefficient (Wildman–Crippen LogP) is 0.970. The van der Waals surface area contributed by atoms with Crippen LogP contribution in [0.3, 0.4) is 0 Å². The molecule has 0 bridgehead atoms. The average molecular weight is 208 g/mol. The van der Waals surface area contributed by atoms with E-state index in [4.69, 9.17) is 10.8 Å². The number of nitrogens with two attached hydrogens (primary N) is 1. The summed E-state index contributed by atoms with van der Waals surface area (Å²) in [6, 6.07) is 7.02. The highest BCUT2D eigenvalue weighted by atomic mass is 16.2. The number of amides is 1. The summed E-state index contributed by atoms with van der Waals surface area (Å²) in [5, 5.41) is 11.8. The minimum atomic E-state index is -0.415. The van der Waals surface area contributed by atoms with Crippen LogP contribution in [-0.4, -0.2) is 24.2 Å². The molecular formula is C11H16N2O2. The normalized spacial score (nSPS) is 9.93. The van der Waals surface area contributed by atoms with Gasteiger partial charge in [0.15, 0.2) is 0 Å². The number of carbonyl (C=O) groups is 1. The number of primary amides is 1. The van der Waals surface area contributed by atoms with Crippen LogP contribution in [0.4, 0.5) is 5.69 Å². The van der Waals surface area contributed by atoms with Crippen LogP contribution in [0.15, 0.2) is 24.3 Å². The van der Waals surface area contributed by atoms with E-state index >= 15 is 0 Å². The minimum Gasteiger partial charge on any atom is -0.396 e. The van der Waals surface area contributed by atoms with Gasteiger partial charge in [0.25, 0.3) is 0 Å². The molecule has 1 aromatic carbocycles. The third-order valence-electron chi connectivity index (χ3n) is 2.08. The summed E-state index contributed by atoms with van der Waals surface area (Å²) in [4.78, 5) is 10.8. The molecule has 0 aromatic heterocycles. The van der Waals surface area contributed by atoms with Crippen molar-refractivity contribution in [1.82, 2.24) is 0 Å². The van der Waals surface area contributed by atoms with Crippen LogP contribution >= 0.6 is 0 Å². The van der Waals surface area contributed by atoms with Crippen molar-refractivity contribution in [2.24, 2.45) is 5.73 Å². The second-order valence-electron chi connectivity index (χ2n) is 3.30. The highest BCUT2D eigenvalue weighted by Gasteiger charge is 1.98. The maximum Gasteiger partial charge on any atom is 0.248 e. The highest BCUT2D eigenvalue weighted by Crippen LogP contribution is 2.09. The molecule has 0 aliphatic carbocycles. The first-order chi connectivity index (χ1) is 7.24. The smallest absolute Gasteiger partial charge is 0.248 e. The largest absolute Gasteiger partial charge is 0.396 e. The number of nitrogens with one attached hydrogen (secondary N) is 1. The van der Waals surface area contributed by atoms with Crippen LogP contribution in [0, 0.1) is 0 Å². The Morgan fingerprint density at radius 3 is 2.47 bits per heavy atom. The molecule has 4 heteroatoms. The van der Waals surface area contributed by atoms with Gasteiger partial charge in [-0.1, -0.05) is 0 Å². The fourth-order valence-corrected chi connectivity index (χ4v) is 1.22. The van der Waals surface area contributed by atoms with Crippen LogP contribution in [-0.2, 0) is 0 Å². The predicted molar refractivity (Wildman–Crippen MR) is 59.8 cm³/mol. The number of aliphatic hydroxyl groups is 1. The van der Waals surface area contributed by atoms with E-state index in [0.29, 0.717) is 5.56 Å². The third-order valence-corrected chi connectivity index (χ3v) is 2.08. The zero-order valence-corrected chi connectivity index (χ0v) is 8.57. The van der Waals surface area contributed by atoms with Crippen molar-refractivity contribution in [2.45, 2.75) is 12.8 Å². The molecule has 0 aliphatic rings. The lowest BCUT2D eigenvalue weighted by atomic mass is 10.2. The SMILES string of the molecule is NC(=O)c1ccc(NCCCCO)cc1. The quantitative estimate of drug-likeness (QED) is 0.610. The molecule has 0 radical (unpaired) electrons. The summed E-state index contributed by atoms with van der Waals surface area (Å²) >= 11 is 0. The number of aliphatic hydroxyl groups excluding tert-OH is 1. The Bertz CT molecular complexity index is 309. The molecule has 82 valence electrons. The van der Waals surface area contributed by atoms with Gasteiger partial charge in [-0.2, -0.15) is 0 Å². The van der Waals surface area contributed by atoms with E-state index < -0.39 is 5.91 Å². The Kier molecular flexibility index (Phi) is 4.63. The number of hydrogen-bond acceptors (Lipinski definition) is 3. The topological polar surface area (TPSA) is 75.4 Å². The molecular weight excluding hydrogens is 192 g/mol. The van der Waals surface area contributed by atoms with Gasteiger partial charge in [0.05, 0.1) is 0 Å². The van der Waals surface area contributed by atoms with Gasteiger partial charge < -0.3 is 16.2 Å². The average Bonchev–Trinajstić information content (AvgIpc) is 2.25. The molecule has 0 fully saturated rings. The van der Waals surface area contributed by atoms with Crippen LogP contribution in [0.1, 0.15) is 23.2 Å². The summed E-state index contributed by atoms with van der Waals surface area (Å²) in [5.41, 5.74) is 6.58.